The molecule has 0 bridgehead atoms. The van der Waals surface area contributed by atoms with Crippen LogP contribution in [-0.4, -0.2) is 20.1 Å². The maximum Gasteiger partial charge on any atom is 0.361 e. The Hall–Kier alpha value is -1.99. The minimum absolute atomic E-state index is 0.360. The number of urea groups is 1. The molecular formula is C18H22N4O2S. The van der Waals surface area contributed by atoms with E-state index in [0.717, 1.165) is 50.0 Å². The van der Waals surface area contributed by atoms with Crippen LogP contribution in [-0.2, 0) is 44.1 Å². The summed E-state index contributed by atoms with van der Waals surface area (Å²) in [5.74, 6) is 0.754. The van der Waals surface area contributed by atoms with E-state index in [0.29, 0.717) is 5.03 Å². The molecule has 7 heteroatoms. The number of nitrogens with one attached hydrogen (secondary N) is 2. The van der Waals surface area contributed by atoms with Crippen molar-refractivity contribution >= 4 is 23.1 Å². The molecule has 2 aromatic rings. The van der Waals surface area contributed by atoms with E-state index in [2.05, 4.69) is 21.1 Å². The number of anilines is 1. The maximum absolute atomic E-state index is 12.4. The van der Waals surface area contributed by atoms with Gasteiger partial charge in [0.15, 0.2) is 0 Å². The van der Waals surface area contributed by atoms with Crippen LogP contribution >= 0.6 is 0 Å². The number of benzene rings is 1. The van der Waals surface area contributed by atoms with Crippen molar-refractivity contribution in [3.63, 3.8) is 0 Å². The van der Waals surface area contributed by atoms with Gasteiger partial charge in [0, 0.05) is 12.7 Å². The third-order valence-corrected chi connectivity index (χ3v) is 6.12. The third kappa shape index (κ3) is 3.02. The quantitative estimate of drug-likeness (QED) is 0.827. The molecule has 1 atom stereocenters. The second-order valence-corrected chi connectivity index (χ2v) is 7.96. The highest BCUT2D eigenvalue weighted by Gasteiger charge is 2.26. The lowest BCUT2D eigenvalue weighted by molar-refractivity contribution is 0.256. The van der Waals surface area contributed by atoms with E-state index >= 15 is 0 Å². The smallest absolute Gasteiger partial charge is 0.361 e. The fourth-order valence-corrected chi connectivity index (χ4v) is 4.65. The molecular weight excluding hydrogens is 336 g/mol. The first kappa shape index (κ1) is 16.5. The minimum Gasteiger partial charge on any atom is -0.586 e. The topological polar surface area (TPSA) is 82.0 Å². The summed E-state index contributed by atoms with van der Waals surface area (Å²) in [6, 6.07) is 1.89. The molecule has 0 spiro atoms. The number of fused-ring (bicyclic) bond motifs is 2. The number of amides is 2. The molecule has 0 fully saturated rings. The van der Waals surface area contributed by atoms with Crippen molar-refractivity contribution in [3.8, 4) is 0 Å². The molecule has 25 heavy (non-hydrogen) atoms. The van der Waals surface area contributed by atoms with Gasteiger partial charge < -0.3 is 14.4 Å². The summed E-state index contributed by atoms with van der Waals surface area (Å²) < 4.78 is 16.6. The Kier molecular flexibility index (Phi) is 4.21. The predicted octanol–water partition coefficient (Wildman–Crippen LogP) is 2.55. The van der Waals surface area contributed by atoms with Crippen LogP contribution in [0.4, 0.5) is 10.5 Å². The average Bonchev–Trinajstić information content (AvgIpc) is 3.28. The first-order valence-corrected chi connectivity index (χ1v) is 9.84. The van der Waals surface area contributed by atoms with E-state index in [1.165, 1.54) is 22.3 Å². The Morgan fingerprint density at radius 2 is 1.84 bits per heavy atom. The summed E-state index contributed by atoms with van der Waals surface area (Å²) in [6.07, 6.45) is 8.10. The molecule has 2 N–H and O–H groups in total. The van der Waals surface area contributed by atoms with Crippen molar-refractivity contribution in [1.82, 2.24) is 14.3 Å². The molecule has 6 nitrogen and oxygen atoms in total. The van der Waals surface area contributed by atoms with Crippen molar-refractivity contribution in [2.75, 3.05) is 5.32 Å². The van der Waals surface area contributed by atoms with Crippen molar-refractivity contribution in [1.29, 1.82) is 0 Å². The lowest BCUT2D eigenvalue weighted by atomic mass is 9.99. The highest BCUT2D eigenvalue weighted by molar-refractivity contribution is 7.90. The number of rotatable bonds is 3. The fourth-order valence-electron chi connectivity index (χ4n) is 3.86. The molecule has 2 aliphatic rings. The molecule has 132 valence electrons. The second kappa shape index (κ2) is 6.38. The number of carbonyl (C=O) groups excluding carboxylic acids is 1. The largest absolute Gasteiger partial charge is 0.586 e. The highest BCUT2D eigenvalue weighted by Crippen LogP contribution is 2.38. The standard InChI is InChI=1S/C18H22N4O2S/c1-11-19-16(10-22(11)2)25(24)21-18(23)20-17-14-7-3-5-12(14)9-13-6-4-8-15(13)17/h9-10H,3-8H2,1-2H3,(H2,20,21,23). The molecule has 1 unspecified atom stereocenters. The summed E-state index contributed by atoms with van der Waals surface area (Å²) >= 11 is -1.67. The van der Waals surface area contributed by atoms with Crippen LogP contribution in [0.3, 0.4) is 0 Å². The van der Waals surface area contributed by atoms with E-state index in [1.807, 2.05) is 14.0 Å². The lowest BCUT2D eigenvalue weighted by Gasteiger charge is -2.16. The third-order valence-electron chi connectivity index (χ3n) is 5.17. The van der Waals surface area contributed by atoms with Crippen molar-refractivity contribution < 1.29 is 9.35 Å². The van der Waals surface area contributed by atoms with Crippen LogP contribution in [0.2, 0.25) is 0 Å². The molecule has 1 aromatic heterocycles. The van der Waals surface area contributed by atoms with Gasteiger partial charge in [-0.05, 0) is 67.7 Å². The van der Waals surface area contributed by atoms with Gasteiger partial charge in [-0.1, -0.05) is 6.07 Å². The number of aryl methyl sites for hydroxylation is 4. The summed E-state index contributed by atoms with van der Waals surface area (Å²) in [4.78, 5) is 16.6. The van der Waals surface area contributed by atoms with E-state index in [-0.39, 0.29) is 0 Å². The number of carbonyl (C=O) groups is 1. The Labute approximate surface area is 150 Å². The Morgan fingerprint density at radius 3 is 2.40 bits per heavy atom. The van der Waals surface area contributed by atoms with Crippen LogP contribution in [0.5, 0.6) is 0 Å². The van der Waals surface area contributed by atoms with E-state index in [1.54, 1.807) is 10.8 Å². The molecule has 2 aliphatic carbocycles. The molecule has 1 heterocycles. The van der Waals surface area contributed by atoms with Gasteiger partial charge in [-0.25, -0.2) is 4.79 Å². The Balaban J connectivity index is 1.53. The SMILES string of the molecule is Cc1nc([S+]([O-])NC(=O)Nc2c3c(cc4c2CCC4)CCC3)cn1C. The van der Waals surface area contributed by atoms with Gasteiger partial charge in [0.05, 0.1) is 6.20 Å². The van der Waals surface area contributed by atoms with Crippen LogP contribution in [0.25, 0.3) is 0 Å². The van der Waals surface area contributed by atoms with Gasteiger partial charge in [-0.15, -0.1) is 4.72 Å². The minimum atomic E-state index is -1.67. The molecule has 0 saturated heterocycles. The highest BCUT2D eigenvalue weighted by atomic mass is 32.2. The van der Waals surface area contributed by atoms with Gasteiger partial charge in [-0.2, -0.15) is 4.98 Å². The number of hydrogen-bond donors (Lipinski definition) is 2. The summed E-state index contributed by atoms with van der Waals surface area (Å²) in [6.45, 7) is 1.83. The van der Waals surface area contributed by atoms with Gasteiger partial charge >= 0.3 is 6.03 Å². The molecule has 0 saturated carbocycles. The lowest BCUT2D eigenvalue weighted by Crippen LogP contribution is -2.35. The molecule has 0 radical (unpaired) electrons. The Morgan fingerprint density at radius 1 is 1.20 bits per heavy atom. The first-order valence-electron chi connectivity index (χ1n) is 8.69. The van der Waals surface area contributed by atoms with Crippen LogP contribution < -0.4 is 10.0 Å². The van der Waals surface area contributed by atoms with Crippen molar-refractivity contribution in [3.05, 3.63) is 40.3 Å². The van der Waals surface area contributed by atoms with Crippen molar-refractivity contribution in [2.24, 2.45) is 7.05 Å². The average molecular weight is 358 g/mol. The zero-order valence-corrected chi connectivity index (χ0v) is 15.3. The normalized spacial score (nSPS) is 16.4. The number of imidazole rings is 1. The van der Waals surface area contributed by atoms with E-state index < -0.39 is 17.4 Å². The van der Waals surface area contributed by atoms with Crippen LogP contribution in [0, 0.1) is 6.92 Å². The molecule has 2 amide bonds. The van der Waals surface area contributed by atoms with Gasteiger partial charge in [-0.3, -0.25) is 0 Å². The zero-order valence-electron chi connectivity index (χ0n) is 14.5. The number of aromatic nitrogens is 2. The van der Waals surface area contributed by atoms with Crippen LogP contribution in [0.15, 0.2) is 17.3 Å². The fraction of sp³-hybridized carbons (Fsp3) is 0.444. The first-order chi connectivity index (χ1) is 12.0. The number of hydrogen-bond acceptors (Lipinski definition) is 3. The van der Waals surface area contributed by atoms with Gasteiger partial charge in [0.1, 0.15) is 17.2 Å². The zero-order chi connectivity index (χ0) is 17.6. The van der Waals surface area contributed by atoms with E-state index in [9.17, 15) is 9.35 Å². The summed E-state index contributed by atoms with van der Waals surface area (Å²) in [5, 5.41) is 3.35. The number of nitrogens with zero attached hydrogens (tertiary/aromatic N) is 2. The Bertz CT molecular complexity index is 794. The van der Waals surface area contributed by atoms with Crippen molar-refractivity contribution in [2.45, 2.75) is 50.5 Å². The molecule has 1 aromatic carbocycles. The van der Waals surface area contributed by atoms with Crippen LogP contribution in [0.1, 0.15) is 40.9 Å². The van der Waals surface area contributed by atoms with E-state index in [4.69, 9.17) is 0 Å². The molecule has 0 aliphatic heterocycles. The van der Waals surface area contributed by atoms with Gasteiger partial charge in [0.25, 0.3) is 5.03 Å². The van der Waals surface area contributed by atoms with Gasteiger partial charge in [0.2, 0.25) is 0 Å². The monoisotopic (exact) mass is 358 g/mol. The summed E-state index contributed by atoms with van der Waals surface area (Å²) in [5.41, 5.74) is 6.19. The molecule has 4 rings (SSSR count). The summed E-state index contributed by atoms with van der Waals surface area (Å²) in [7, 11) is 1.83. The maximum atomic E-state index is 12.4. The second-order valence-electron chi connectivity index (χ2n) is 6.80. The predicted molar refractivity (Wildman–Crippen MR) is 97.0 cm³/mol.